The molecule has 3 heterocycles. The maximum atomic E-state index is 14.2. The molecule has 124 valence electrons. The molecular weight excluding hydrogens is 332 g/mol. The molecule has 2 aromatic heterocycles. The van der Waals surface area contributed by atoms with E-state index in [0.717, 1.165) is 17.7 Å². The minimum Gasteiger partial charge on any atom is -0.343 e. The summed E-state index contributed by atoms with van der Waals surface area (Å²) in [6, 6.07) is 7.27. The summed E-state index contributed by atoms with van der Waals surface area (Å²) < 4.78 is 28.2. The summed E-state index contributed by atoms with van der Waals surface area (Å²) >= 11 is 6.44. The van der Waals surface area contributed by atoms with Gasteiger partial charge in [0.1, 0.15) is 11.8 Å². The lowest BCUT2D eigenvalue weighted by Gasteiger charge is -2.27. The number of pyridine rings is 1. The number of H-pyrrole nitrogens is 1. The van der Waals surface area contributed by atoms with Gasteiger partial charge < -0.3 is 10.3 Å². The molecule has 1 aliphatic rings. The van der Waals surface area contributed by atoms with E-state index in [1.807, 2.05) is 12.1 Å². The number of nitrogens with zero attached hydrogens (tertiary/aromatic N) is 1. The van der Waals surface area contributed by atoms with Crippen LogP contribution in [0.2, 0.25) is 5.02 Å². The van der Waals surface area contributed by atoms with E-state index in [1.165, 1.54) is 6.20 Å². The Balaban J connectivity index is 1.77. The van der Waals surface area contributed by atoms with Crippen LogP contribution in [0, 0.1) is 5.82 Å². The lowest BCUT2D eigenvalue weighted by Crippen LogP contribution is -2.36. The molecule has 1 fully saturated rings. The molecule has 24 heavy (non-hydrogen) atoms. The second kappa shape index (κ2) is 6.15. The summed E-state index contributed by atoms with van der Waals surface area (Å²) in [7, 11) is 0. The molecule has 0 spiro atoms. The van der Waals surface area contributed by atoms with Crippen molar-refractivity contribution in [1.82, 2.24) is 15.3 Å². The van der Waals surface area contributed by atoms with Crippen LogP contribution >= 0.6 is 11.6 Å². The lowest BCUT2D eigenvalue weighted by molar-refractivity contribution is 0.231. The van der Waals surface area contributed by atoms with Crippen molar-refractivity contribution in [3.05, 3.63) is 53.1 Å². The van der Waals surface area contributed by atoms with Gasteiger partial charge in [-0.1, -0.05) is 23.7 Å². The molecule has 4 rings (SSSR count). The van der Waals surface area contributed by atoms with E-state index < -0.39 is 6.17 Å². The third kappa shape index (κ3) is 2.58. The number of halogens is 3. The molecule has 0 aliphatic carbocycles. The Morgan fingerprint density at radius 2 is 2.12 bits per heavy atom. The molecule has 1 saturated heterocycles. The Labute approximate surface area is 143 Å². The van der Waals surface area contributed by atoms with Crippen LogP contribution in [0.15, 0.2) is 36.7 Å². The Morgan fingerprint density at radius 1 is 1.25 bits per heavy atom. The number of aromatic amines is 1. The van der Waals surface area contributed by atoms with E-state index in [9.17, 15) is 8.78 Å². The molecule has 1 aliphatic heterocycles. The number of fused-ring (bicyclic) bond motifs is 1. The molecule has 3 aromatic rings. The van der Waals surface area contributed by atoms with Crippen molar-refractivity contribution in [3.63, 3.8) is 0 Å². The van der Waals surface area contributed by atoms with Crippen LogP contribution in [0.3, 0.4) is 0 Å². The zero-order valence-electron chi connectivity index (χ0n) is 12.8. The van der Waals surface area contributed by atoms with Crippen LogP contribution in [0.4, 0.5) is 8.78 Å². The summed E-state index contributed by atoms with van der Waals surface area (Å²) in [4.78, 5) is 6.93. The minimum absolute atomic E-state index is 0.200. The fraction of sp³-hybridized carbons (Fsp3) is 0.278. The van der Waals surface area contributed by atoms with Gasteiger partial charge in [0.25, 0.3) is 0 Å². The summed E-state index contributed by atoms with van der Waals surface area (Å²) in [5.41, 5.74) is 2.81. The Kier molecular flexibility index (Phi) is 3.98. The number of benzene rings is 1. The molecule has 1 aromatic carbocycles. The standard InChI is InChI=1S/C18H16ClF2N3/c19-14-7-10(1-2-12(14)13-3-5-22-8-15(13)20)11-4-6-23-18-17(11)16(21)9-24-18/h1-2,4,6-7,9,13,15,22H,3,5,8H2,(H,23,24). The van der Waals surface area contributed by atoms with Crippen molar-refractivity contribution >= 4 is 22.6 Å². The first-order valence-corrected chi connectivity index (χ1v) is 8.29. The molecular formula is C18H16ClF2N3. The summed E-state index contributed by atoms with van der Waals surface area (Å²) in [6.45, 7) is 1.13. The van der Waals surface area contributed by atoms with Gasteiger partial charge in [0.15, 0.2) is 5.82 Å². The zero-order chi connectivity index (χ0) is 16.7. The monoisotopic (exact) mass is 347 g/mol. The molecule has 3 nitrogen and oxygen atoms in total. The van der Waals surface area contributed by atoms with Gasteiger partial charge in [-0.2, -0.15) is 0 Å². The first kappa shape index (κ1) is 15.5. The normalized spacial score (nSPS) is 21.3. The van der Waals surface area contributed by atoms with Crippen LogP contribution in [0.25, 0.3) is 22.2 Å². The van der Waals surface area contributed by atoms with E-state index in [2.05, 4.69) is 15.3 Å². The van der Waals surface area contributed by atoms with Crippen LogP contribution in [0.5, 0.6) is 0 Å². The molecule has 2 atom stereocenters. The maximum Gasteiger partial charge on any atom is 0.150 e. The number of hydrogen-bond acceptors (Lipinski definition) is 2. The smallest absolute Gasteiger partial charge is 0.150 e. The van der Waals surface area contributed by atoms with Gasteiger partial charge in [0.2, 0.25) is 0 Å². The second-order valence-corrected chi connectivity index (χ2v) is 6.48. The van der Waals surface area contributed by atoms with Gasteiger partial charge in [0.05, 0.1) is 5.39 Å². The number of alkyl halides is 1. The first-order chi connectivity index (χ1) is 11.6. The van der Waals surface area contributed by atoms with Crippen molar-refractivity contribution in [2.45, 2.75) is 18.5 Å². The fourth-order valence-corrected chi connectivity index (χ4v) is 3.74. The summed E-state index contributed by atoms with van der Waals surface area (Å²) in [5.74, 6) is -0.551. The van der Waals surface area contributed by atoms with Gasteiger partial charge in [-0.25, -0.2) is 13.8 Å². The van der Waals surface area contributed by atoms with Gasteiger partial charge in [0, 0.05) is 29.9 Å². The molecule has 2 unspecified atom stereocenters. The molecule has 0 amide bonds. The van der Waals surface area contributed by atoms with Crippen molar-refractivity contribution in [3.8, 4) is 11.1 Å². The third-order valence-electron chi connectivity index (χ3n) is 4.64. The third-order valence-corrected chi connectivity index (χ3v) is 4.97. The van der Waals surface area contributed by atoms with Crippen LogP contribution in [0.1, 0.15) is 17.9 Å². The summed E-state index contributed by atoms with van der Waals surface area (Å²) in [5, 5.41) is 4.00. The number of hydrogen-bond donors (Lipinski definition) is 2. The topological polar surface area (TPSA) is 40.7 Å². The molecule has 6 heteroatoms. The lowest BCUT2D eigenvalue weighted by atomic mass is 9.87. The van der Waals surface area contributed by atoms with Crippen LogP contribution in [-0.2, 0) is 0 Å². The number of aromatic nitrogens is 2. The van der Waals surface area contributed by atoms with E-state index in [4.69, 9.17) is 11.6 Å². The molecule has 0 bridgehead atoms. The number of nitrogens with one attached hydrogen (secondary N) is 2. The van der Waals surface area contributed by atoms with Crippen molar-refractivity contribution < 1.29 is 8.78 Å². The van der Waals surface area contributed by atoms with Gasteiger partial charge in [-0.05, 0) is 41.8 Å². The predicted molar refractivity (Wildman–Crippen MR) is 91.6 cm³/mol. The van der Waals surface area contributed by atoms with Crippen molar-refractivity contribution in [2.75, 3.05) is 13.1 Å². The van der Waals surface area contributed by atoms with Gasteiger partial charge in [-0.15, -0.1) is 0 Å². The predicted octanol–water partition coefficient (Wildman–Crippen LogP) is 4.44. The van der Waals surface area contributed by atoms with E-state index in [-0.39, 0.29) is 11.7 Å². The van der Waals surface area contributed by atoms with E-state index in [1.54, 1.807) is 18.3 Å². The highest BCUT2D eigenvalue weighted by Gasteiger charge is 2.27. The average molecular weight is 348 g/mol. The van der Waals surface area contributed by atoms with Crippen LogP contribution < -0.4 is 5.32 Å². The molecule has 0 saturated carbocycles. The Morgan fingerprint density at radius 3 is 2.92 bits per heavy atom. The quantitative estimate of drug-likeness (QED) is 0.719. The first-order valence-electron chi connectivity index (χ1n) is 7.91. The van der Waals surface area contributed by atoms with E-state index >= 15 is 0 Å². The van der Waals surface area contributed by atoms with E-state index in [0.29, 0.717) is 34.6 Å². The Bertz CT molecular complexity index is 893. The summed E-state index contributed by atoms with van der Waals surface area (Å²) in [6.07, 6.45) is 2.68. The SMILES string of the molecule is Fc1c[nH]c2nccc(-c3ccc(C4CCNCC4F)c(Cl)c3)c12. The highest BCUT2D eigenvalue weighted by atomic mass is 35.5. The Hall–Kier alpha value is -1.98. The van der Waals surface area contributed by atoms with Gasteiger partial charge in [-0.3, -0.25) is 0 Å². The van der Waals surface area contributed by atoms with Crippen LogP contribution in [-0.4, -0.2) is 29.2 Å². The highest BCUT2D eigenvalue weighted by Crippen LogP contribution is 2.37. The zero-order valence-corrected chi connectivity index (χ0v) is 13.6. The second-order valence-electron chi connectivity index (χ2n) is 6.07. The minimum atomic E-state index is -0.947. The number of piperidine rings is 1. The highest BCUT2D eigenvalue weighted by molar-refractivity contribution is 6.31. The molecule has 2 N–H and O–H groups in total. The average Bonchev–Trinajstić information content (AvgIpc) is 2.97. The largest absolute Gasteiger partial charge is 0.343 e. The van der Waals surface area contributed by atoms with Crippen molar-refractivity contribution in [1.29, 1.82) is 0 Å². The van der Waals surface area contributed by atoms with Crippen molar-refractivity contribution in [2.24, 2.45) is 0 Å². The van der Waals surface area contributed by atoms with Gasteiger partial charge >= 0.3 is 0 Å². The maximum absolute atomic E-state index is 14.2. The fourth-order valence-electron chi connectivity index (χ4n) is 3.42. The molecule has 0 radical (unpaired) electrons. The number of rotatable bonds is 2.